The van der Waals surface area contributed by atoms with Gasteiger partial charge in [0.05, 0.1) is 14.2 Å². The summed E-state index contributed by atoms with van der Waals surface area (Å²) >= 11 is 0. The molecule has 0 aromatic rings. The average Bonchev–Trinajstić information content (AvgIpc) is 1.89. The van der Waals surface area contributed by atoms with Crippen LogP contribution in [0.5, 0.6) is 0 Å². The molecule has 60 valence electrons. The molecule has 0 amide bonds. The molecule has 2 unspecified atom stereocenters. The molecule has 0 spiro atoms. The first-order valence-corrected chi connectivity index (χ1v) is 4.10. The Morgan fingerprint density at radius 1 is 1.00 bits per heavy atom. The fourth-order valence-corrected chi connectivity index (χ4v) is 0. The Bertz CT molecular complexity index is 103. The first-order valence-electron chi connectivity index (χ1n) is 1.91. The number of rotatable bonds is 2. The summed E-state index contributed by atoms with van der Waals surface area (Å²) in [6, 6.07) is 0. The van der Waals surface area contributed by atoms with Gasteiger partial charge in [0, 0.05) is 0 Å². The fourth-order valence-electron chi connectivity index (χ4n) is 0. The second-order valence-electron chi connectivity index (χ2n) is 0.812. The van der Waals surface area contributed by atoms with Gasteiger partial charge in [0.15, 0.2) is 0 Å². The Hall–Kier alpha value is 1.30. The molecule has 6 nitrogen and oxygen atoms in total. The van der Waals surface area contributed by atoms with Crippen LogP contribution in [0.15, 0.2) is 0 Å². The van der Waals surface area contributed by atoms with Crippen molar-refractivity contribution < 1.29 is 28.0 Å². The van der Waals surface area contributed by atoms with Gasteiger partial charge in [-0.3, -0.25) is 0 Å². The Kier molecular flexibility index (Phi) is 22.9. The molecule has 0 aromatic carbocycles. The maximum atomic E-state index is 9.18. The van der Waals surface area contributed by atoms with Crippen molar-refractivity contribution in [1.82, 2.24) is 0 Å². The summed E-state index contributed by atoms with van der Waals surface area (Å²) in [6.45, 7) is 0. The molecule has 0 N–H and O–H groups in total. The summed E-state index contributed by atoms with van der Waals surface area (Å²) < 4.78 is 25.8. The Labute approximate surface area is 95.8 Å². The van der Waals surface area contributed by atoms with Crippen molar-refractivity contribution in [2.24, 2.45) is 0 Å². The predicted octanol–water partition coefficient (Wildman–Crippen LogP) is -1.08. The SMILES string of the molecule is CO[P+](=O)[O-].CO[P+](=O)[O-].[Ca+2]. The first kappa shape index (κ1) is 18.2. The van der Waals surface area contributed by atoms with Crippen LogP contribution in [0.4, 0.5) is 0 Å². The van der Waals surface area contributed by atoms with Crippen molar-refractivity contribution in [3.63, 3.8) is 0 Å². The van der Waals surface area contributed by atoms with Gasteiger partial charge >= 0.3 is 54.2 Å². The van der Waals surface area contributed by atoms with E-state index >= 15 is 0 Å². The van der Waals surface area contributed by atoms with E-state index in [1.807, 2.05) is 0 Å². The van der Waals surface area contributed by atoms with Crippen LogP contribution in [0.2, 0.25) is 0 Å². The Morgan fingerprint density at radius 3 is 1.09 bits per heavy atom. The van der Waals surface area contributed by atoms with Crippen LogP contribution < -0.4 is 9.79 Å². The average molecular weight is 228 g/mol. The normalized spacial score (nSPS) is 10.2. The number of hydrogen-bond acceptors (Lipinski definition) is 6. The Balaban J connectivity index is -0.000000107. The molecule has 0 aromatic heterocycles. The van der Waals surface area contributed by atoms with Gasteiger partial charge in [0.25, 0.3) is 0 Å². The van der Waals surface area contributed by atoms with Crippen LogP contribution >= 0.6 is 16.5 Å². The molecule has 0 fully saturated rings. The maximum absolute atomic E-state index is 9.18. The van der Waals surface area contributed by atoms with E-state index in [0.29, 0.717) is 0 Å². The smallest absolute Gasteiger partial charge is 0.566 e. The summed E-state index contributed by atoms with van der Waals surface area (Å²) in [7, 11) is -2.99. The van der Waals surface area contributed by atoms with E-state index in [4.69, 9.17) is 0 Å². The third-order valence-corrected chi connectivity index (χ3v) is 0.894. The van der Waals surface area contributed by atoms with E-state index in [1.165, 1.54) is 0 Å². The molecular formula is C2H6CaO6P2+2. The molecule has 0 aliphatic rings. The molecular weight excluding hydrogens is 222 g/mol. The zero-order valence-corrected chi connectivity index (χ0v) is 10.0. The van der Waals surface area contributed by atoms with Crippen molar-refractivity contribution in [2.45, 2.75) is 0 Å². The van der Waals surface area contributed by atoms with Crippen LogP contribution in [-0.2, 0) is 18.2 Å². The van der Waals surface area contributed by atoms with E-state index in [-0.39, 0.29) is 37.7 Å². The molecule has 11 heavy (non-hydrogen) atoms. The minimum Gasteiger partial charge on any atom is -0.566 e. The van der Waals surface area contributed by atoms with Gasteiger partial charge in [0.2, 0.25) is 0 Å². The molecule has 0 saturated heterocycles. The molecule has 9 heteroatoms. The van der Waals surface area contributed by atoms with Crippen LogP contribution in [0.25, 0.3) is 0 Å². The second kappa shape index (κ2) is 13.9. The van der Waals surface area contributed by atoms with Gasteiger partial charge in [-0.05, 0) is 9.13 Å². The van der Waals surface area contributed by atoms with E-state index < -0.39 is 16.5 Å². The maximum Gasteiger partial charge on any atom is 2.00 e. The van der Waals surface area contributed by atoms with Crippen LogP contribution in [-0.4, -0.2) is 52.0 Å². The van der Waals surface area contributed by atoms with E-state index in [1.54, 1.807) is 0 Å². The minimum atomic E-state index is -2.60. The standard InChI is InChI=1S/2CH3O3P.Ca/c2*1-4-5(2)3;/h2*1H3;/q;;+2. The zero-order valence-electron chi connectivity index (χ0n) is 6.05. The minimum absolute atomic E-state index is 0. The topological polar surface area (TPSA) is 98.7 Å². The first-order chi connectivity index (χ1) is 4.54. The number of hydrogen-bond donors (Lipinski definition) is 0. The van der Waals surface area contributed by atoms with Crippen molar-refractivity contribution in [2.75, 3.05) is 14.2 Å². The molecule has 0 aliphatic carbocycles. The van der Waals surface area contributed by atoms with Crippen molar-refractivity contribution >= 4 is 54.2 Å². The Morgan fingerprint density at radius 2 is 1.09 bits per heavy atom. The van der Waals surface area contributed by atoms with Gasteiger partial charge < -0.3 is 9.79 Å². The quantitative estimate of drug-likeness (QED) is 0.440. The van der Waals surface area contributed by atoms with Gasteiger partial charge in [-0.1, -0.05) is 0 Å². The fraction of sp³-hybridized carbons (Fsp3) is 1.00. The summed E-state index contributed by atoms with van der Waals surface area (Å²) in [6.07, 6.45) is 0. The van der Waals surface area contributed by atoms with E-state index in [2.05, 4.69) is 9.05 Å². The molecule has 0 aliphatic heterocycles. The predicted molar refractivity (Wildman–Crippen MR) is 35.0 cm³/mol. The van der Waals surface area contributed by atoms with Crippen molar-refractivity contribution in [3.8, 4) is 0 Å². The van der Waals surface area contributed by atoms with E-state index in [9.17, 15) is 18.9 Å². The summed E-state index contributed by atoms with van der Waals surface area (Å²) in [4.78, 5) is 18.4. The molecule has 0 heterocycles. The molecule has 0 rings (SSSR count). The van der Waals surface area contributed by atoms with Gasteiger partial charge in [-0.2, -0.15) is 9.05 Å². The molecule has 0 bridgehead atoms. The van der Waals surface area contributed by atoms with Crippen molar-refractivity contribution in [1.29, 1.82) is 0 Å². The van der Waals surface area contributed by atoms with E-state index in [0.717, 1.165) is 14.2 Å². The third kappa shape index (κ3) is 34.8. The molecule has 0 radical (unpaired) electrons. The molecule has 2 atom stereocenters. The van der Waals surface area contributed by atoms with Crippen LogP contribution in [0, 0.1) is 0 Å². The van der Waals surface area contributed by atoms with Gasteiger partial charge in [-0.15, -0.1) is 0 Å². The summed E-state index contributed by atoms with van der Waals surface area (Å²) in [5.41, 5.74) is 0. The second-order valence-corrected chi connectivity index (χ2v) is 2.44. The van der Waals surface area contributed by atoms with Gasteiger partial charge in [-0.25, -0.2) is 0 Å². The largest absolute Gasteiger partial charge is 2.00 e. The van der Waals surface area contributed by atoms with Crippen LogP contribution in [0.1, 0.15) is 0 Å². The van der Waals surface area contributed by atoms with Crippen LogP contribution in [0.3, 0.4) is 0 Å². The monoisotopic (exact) mass is 228 g/mol. The summed E-state index contributed by atoms with van der Waals surface area (Å²) in [5, 5.41) is 0. The third-order valence-electron chi connectivity index (χ3n) is 0.298. The van der Waals surface area contributed by atoms with Gasteiger partial charge in [0.1, 0.15) is 0 Å². The zero-order chi connectivity index (χ0) is 8.57. The molecule has 0 saturated carbocycles. The van der Waals surface area contributed by atoms with Crippen molar-refractivity contribution in [3.05, 3.63) is 0 Å². The summed E-state index contributed by atoms with van der Waals surface area (Å²) in [5.74, 6) is 0.